The van der Waals surface area contributed by atoms with Gasteiger partial charge in [0.2, 0.25) is 0 Å². The number of rotatable bonds is 1. The van der Waals surface area contributed by atoms with Gasteiger partial charge in [0.15, 0.2) is 0 Å². The molecular weight excluding hydrogens is 216 g/mol. The van der Waals surface area contributed by atoms with Crippen LogP contribution in [-0.2, 0) is 16.2 Å². The van der Waals surface area contributed by atoms with E-state index in [1.165, 1.54) is 11.1 Å². The Morgan fingerprint density at radius 2 is 2.00 bits per heavy atom. The summed E-state index contributed by atoms with van der Waals surface area (Å²) in [7, 11) is -0.783. The molecule has 1 nitrogen and oxygen atoms in total. The minimum absolute atomic E-state index is 0.175. The summed E-state index contributed by atoms with van der Waals surface area (Å²) >= 11 is 0. The molecule has 0 aromatic heterocycles. The Kier molecular flexibility index (Phi) is 2.95. The molecule has 1 atom stereocenters. The van der Waals surface area contributed by atoms with Crippen molar-refractivity contribution < 1.29 is 4.21 Å². The number of hydrogen-bond acceptors (Lipinski definition) is 1. The van der Waals surface area contributed by atoms with Gasteiger partial charge in [-0.3, -0.25) is 4.21 Å². The minimum atomic E-state index is -0.783. The van der Waals surface area contributed by atoms with Crippen LogP contribution in [0.4, 0.5) is 0 Å². The van der Waals surface area contributed by atoms with Crippen LogP contribution < -0.4 is 0 Å². The van der Waals surface area contributed by atoms with Crippen LogP contribution in [0.15, 0.2) is 23.1 Å². The SMILES string of the molecule is CC(C)c1ccc2c(c1)C(C)(C)CCS2=O. The van der Waals surface area contributed by atoms with Crippen LogP contribution in [0.3, 0.4) is 0 Å². The smallest absolute Gasteiger partial charge is 0.0532 e. The van der Waals surface area contributed by atoms with Crippen LogP contribution in [-0.4, -0.2) is 9.96 Å². The first kappa shape index (κ1) is 11.8. The van der Waals surface area contributed by atoms with Gasteiger partial charge in [0.1, 0.15) is 0 Å². The molecule has 0 N–H and O–H groups in total. The highest BCUT2D eigenvalue weighted by atomic mass is 32.2. The van der Waals surface area contributed by atoms with E-state index in [0.29, 0.717) is 5.92 Å². The van der Waals surface area contributed by atoms with E-state index in [9.17, 15) is 4.21 Å². The highest BCUT2D eigenvalue weighted by molar-refractivity contribution is 7.85. The van der Waals surface area contributed by atoms with Crippen molar-refractivity contribution in [3.8, 4) is 0 Å². The summed E-state index contributed by atoms with van der Waals surface area (Å²) in [5.74, 6) is 1.34. The lowest BCUT2D eigenvalue weighted by molar-refractivity contribution is 0.485. The molecule has 0 fully saturated rings. The van der Waals surface area contributed by atoms with Gasteiger partial charge in [-0.2, -0.15) is 0 Å². The zero-order valence-electron chi connectivity index (χ0n) is 10.5. The molecule has 88 valence electrons. The standard InChI is InChI=1S/C14H20OS/c1-10(2)11-5-6-13-12(9-11)14(3,4)7-8-16(13)15/h5-6,9-10H,7-8H2,1-4H3. The van der Waals surface area contributed by atoms with E-state index in [4.69, 9.17) is 0 Å². The first-order valence-electron chi connectivity index (χ1n) is 5.94. The summed E-state index contributed by atoms with van der Waals surface area (Å²) in [4.78, 5) is 1.06. The third-order valence-electron chi connectivity index (χ3n) is 3.56. The normalized spacial score (nSPS) is 23.2. The van der Waals surface area contributed by atoms with Crippen LogP contribution in [0, 0.1) is 0 Å². The van der Waals surface area contributed by atoms with Crippen molar-refractivity contribution in [2.24, 2.45) is 0 Å². The van der Waals surface area contributed by atoms with Crippen molar-refractivity contribution >= 4 is 10.8 Å². The highest BCUT2D eigenvalue weighted by Crippen LogP contribution is 2.38. The predicted octanol–water partition coefficient (Wildman–Crippen LogP) is 3.60. The van der Waals surface area contributed by atoms with E-state index < -0.39 is 10.8 Å². The van der Waals surface area contributed by atoms with Crippen molar-refractivity contribution in [3.05, 3.63) is 29.3 Å². The van der Waals surface area contributed by atoms with Gasteiger partial charge in [0.05, 0.1) is 10.8 Å². The molecule has 0 saturated heterocycles. The van der Waals surface area contributed by atoms with E-state index in [1.54, 1.807) is 0 Å². The maximum Gasteiger partial charge on any atom is 0.0532 e. The summed E-state index contributed by atoms with van der Waals surface area (Å²) in [5, 5.41) is 0. The van der Waals surface area contributed by atoms with E-state index in [0.717, 1.165) is 17.1 Å². The Hall–Kier alpha value is -0.630. The number of fused-ring (bicyclic) bond motifs is 1. The Labute approximate surface area is 101 Å². The summed E-state index contributed by atoms with van der Waals surface area (Å²) in [6.45, 7) is 8.92. The third-order valence-corrected chi connectivity index (χ3v) is 4.98. The summed E-state index contributed by atoms with van der Waals surface area (Å²) in [6.07, 6.45) is 1.02. The van der Waals surface area contributed by atoms with Gasteiger partial charge in [-0.1, -0.05) is 39.8 Å². The zero-order valence-corrected chi connectivity index (χ0v) is 11.4. The van der Waals surface area contributed by atoms with Crippen LogP contribution >= 0.6 is 0 Å². The predicted molar refractivity (Wildman–Crippen MR) is 69.4 cm³/mol. The summed E-state index contributed by atoms with van der Waals surface area (Å²) < 4.78 is 12.0. The van der Waals surface area contributed by atoms with Gasteiger partial charge >= 0.3 is 0 Å². The lowest BCUT2D eigenvalue weighted by atomic mass is 9.80. The second kappa shape index (κ2) is 3.99. The molecule has 1 aromatic rings. The van der Waals surface area contributed by atoms with Crippen LogP contribution in [0.25, 0.3) is 0 Å². The molecule has 16 heavy (non-hydrogen) atoms. The van der Waals surface area contributed by atoms with Gasteiger partial charge in [-0.05, 0) is 34.9 Å². The Bertz CT molecular complexity index is 432. The fourth-order valence-electron chi connectivity index (χ4n) is 2.23. The van der Waals surface area contributed by atoms with Crippen molar-refractivity contribution in [2.75, 3.05) is 5.75 Å². The van der Waals surface area contributed by atoms with Crippen LogP contribution in [0.5, 0.6) is 0 Å². The molecule has 0 saturated carbocycles. The zero-order chi connectivity index (χ0) is 11.9. The Morgan fingerprint density at radius 1 is 1.31 bits per heavy atom. The molecule has 1 heterocycles. The molecule has 1 aliphatic rings. The van der Waals surface area contributed by atoms with Crippen LogP contribution in [0.2, 0.25) is 0 Å². The van der Waals surface area contributed by atoms with Gasteiger partial charge in [0, 0.05) is 10.6 Å². The molecular formula is C14H20OS. The lowest BCUT2D eigenvalue weighted by Crippen LogP contribution is -2.27. The fraction of sp³-hybridized carbons (Fsp3) is 0.571. The average Bonchev–Trinajstić information content (AvgIpc) is 2.23. The van der Waals surface area contributed by atoms with E-state index in [-0.39, 0.29) is 5.41 Å². The van der Waals surface area contributed by atoms with Crippen molar-refractivity contribution in [2.45, 2.75) is 50.3 Å². The quantitative estimate of drug-likeness (QED) is 0.728. The molecule has 0 amide bonds. The number of benzene rings is 1. The second-order valence-electron chi connectivity index (χ2n) is 5.59. The van der Waals surface area contributed by atoms with E-state index in [1.807, 2.05) is 0 Å². The topological polar surface area (TPSA) is 17.1 Å². The maximum absolute atomic E-state index is 12.0. The Morgan fingerprint density at radius 3 is 2.62 bits per heavy atom. The fourth-order valence-corrected chi connectivity index (χ4v) is 3.94. The lowest BCUT2D eigenvalue weighted by Gasteiger charge is -2.32. The highest BCUT2D eigenvalue weighted by Gasteiger charge is 2.31. The van der Waals surface area contributed by atoms with Crippen molar-refractivity contribution in [3.63, 3.8) is 0 Å². The average molecular weight is 236 g/mol. The van der Waals surface area contributed by atoms with E-state index >= 15 is 0 Å². The molecule has 2 rings (SSSR count). The molecule has 0 radical (unpaired) electrons. The minimum Gasteiger partial charge on any atom is -0.254 e. The monoisotopic (exact) mass is 236 g/mol. The van der Waals surface area contributed by atoms with E-state index in [2.05, 4.69) is 45.9 Å². The first-order chi connectivity index (χ1) is 7.42. The first-order valence-corrected chi connectivity index (χ1v) is 7.26. The summed E-state index contributed by atoms with van der Waals surface area (Å²) in [6, 6.07) is 6.46. The second-order valence-corrected chi connectivity index (χ2v) is 7.13. The molecule has 0 aliphatic carbocycles. The van der Waals surface area contributed by atoms with Gasteiger partial charge in [0.25, 0.3) is 0 Å². The summed E-state index contributed by atoms with van der Waals surface area (Å²) in [5.41, 5.74) is 2.82. The van der Waals surface area contributed by atoms with Crippen molar-refractivity contribution in [1.29, 1.82) is 0 Å². The molecule has 0 spiro atoms. The molecule has 1 aromatic carbocycles. The molecule has 0 bridgehead atoms. The number of hydrogen-bond donors (Lipinski definition) is 0. The molecule has 2 heteroatoms. The largest absolute Gasteiger partial charge is 0.254 e. The van der Waals surface area contributed by atoms with Crippen LogP contribution in [0.1, 0.15) is 51.2 Å². The van der Waals surface area contributed by atoms with Gasteiger partial charge in [-0.25, -0.2) is 0 Å². The van der Waals surface area contributed by atoms with Gasteiger partial charge < -0.3 is 0 Å². The van der Waals surface area contributed by atoms with Crippen molar-refractivity contribution in [1.82, 2.24) is 0 Å². The van der Waals surface area contributed by atoms with Gasteiger partial charge in [-0.15, -0.1) is 0 Å². The molecule has 1 aliphatic heterocycles. The Balaban J connectivity index is 2.58. The molecule has 1 unspecified atom stereocenters. The maximum atomic E-state index is 12.0. The third kappa shape index (κ3) is 1.95.